The monoisotopic (exact) mass is 792 g/mol. The first-order valence-corrected chi connectivity index (χ1v) is 21.5. The molecule has 0 N–H and O–H groups in total. The summed E-state index contributed by atoms with van der Waals surface area (Å²) in [5, 5.41) is 11.3. The maximum Gasteiger partial charge on any atom is 0.160 e. The summed E-state index contributed by atoms with van der Waals surface area (Å²) in [5.41, 5.74) is 11.0. The Bertz CT molecular complexity index is 3610. The molecule has 0 amide bonds. The fourth-order valence-electron chi connectivity index (χ4n) is 8.96. The first-order valence-electron chi connectivity index (χ1n) is 20.7. The van der Waals surface area contributed by atoms with Crippen molar-refractivity contribution in [3.63, 3.8) is 0 Å². The van der Waals surface area contributed by atoms with E-state index in [0.717, 1.165) is 28.1 Å². The number of hydrogen-bond donors (Lipinski definition) is 0. The Labute approximate surface area is 357 Å². The molecule has 61 heavy (non-hydrogen) atoms. The van der Waals surface area contributed by atoms with Crippen molar-refractivity contribution in [1.82, 2.24) is 9.97 Å². The molecule has 2 aromatic heterocycles. The van der Waals surface area contributed by atoms with E-state index in [4.69, 9.17) is 9.97 Å². The van der Waals surface area contributed by atoms with Crippen LogP contribution in [0.15, 0.2) is 218 Å². The van der Waals surface area contributed by atoms with E-state index in [1.165, 1.54) is 85.9 Å². The van der Waals surface area contributed by atoms with Gasteiger partial charge in [0.25, 0.3) is 0 Å². The van der Waals surface area contributed by atoms with Crippen LogP contribution in [0.1, 0.15) is 0 Å². The molecule has 10 aromatic carbocycles. The third kappa shape index (κ3) is 6.35. The van der Waals surface area contributed by atoms with Crippen LogP contribution in [0.5, 0.6) is 0 Å². The third-order valence-corrected chi connectivity index (χ3v) is 13.2. The van der Waals surface area contributed by atoms with Crippen LogP contribution in [0.25, 0.3) is 120 Å². The molecular weight excluding hydrogens is 757 g/mol. The van der Waals surface area contributed by atoms with Gasteiger partial charge < -0.3 is 0 Å². The molecule has 0 aliphatic rings. The predicted molar refractivity (Wildman–Crippen MR) is 260 cm³/mol. The van der Waals surface area contributed by atoms with E-state index in [1.807, 2.05) is 29.5 Å². The summed E-state index contributed by atoms with van der Waals surface area (Å²) in [6.45, 7) is 0. The van der Waals surface area contributed by atoms with Gasteiger partial charge in [0.05, 0.1) is 11.4 Å². The number of hydrogen-bond acceptors (Lipinski definition) is 3. The highest BCUT2D eigenvalue weighted by Crippen LogP contribution is 2.41. The van der Waals surface area contributed by atoms with E-state index in [9.17, 15) is 0 Å². The van der Waals surface area contributed by atoms with Crippen molar-refractivity contribution in [3.8, 4) is 66.6 Å². The average Bonchev–Trinajstić information content (AvgIpc) is 3.78. The lowest BCUT2D eigenvalue weighted by Crippen LogP contribution is -1.96. The van der Waals surface area contributed by atoms with Gasteiger partial charge in [-0.2, -0.15) is 0 Å². The summed E-state index contributed by atoms with van der Waals surface area (Å²) in [6, 6.07) is 78.9. The molecule has 12 rings (SSSR count). The van der Waals surface area contributed by atoms with Gasteiger partial charge in [0.1, 0.15) is 0 Å². The first-order chi connectivity index (χ1) is 30.2. The van der Waals surface area contributed by atoms with E-state index < -0.39 is 0 Å². The number of fused-ring (bicyclic) bond motifs is 6. The molecule has 0 saturated carbocycles. The van der Waals surface area contributed by atoms with E-state index in [-0.39, 0.29) is 0 Å². The Kier molecular flexibility index (Phi) is 8.39. The van der Waals surface area contributed by atoms with E-state index >= 15 is 0 Å². The van der Waals surface area contributed by atoms with Crippen molar-refractivity contribution < 1.29 is 0 Å². The normalized spacial score (nSPS) is 11.6. The lowest BCUT2D eigenvalue weighted by atomic mass is 9.89. The highest BCUT2D eigenvalue weighted by Gasteiger charge is 2.15. The van der Waals surface area contributed by atoms with Crippen LogP contribution in [0.4, 0.5) is 0 Å². The Hall–Kier alpha value is -7.72. The number of thiophene rings is 1. The Balaban J connectivity index is 0.899. The molecule has 0 fully saturated rings. The van der Waals surface area contributed by atoms with E-state index in [0.29, 0.717) is 5.82 Å². The van der Waals surface area contributed by atoms with E-state index in [2.05, 4.69) is 200 Å². The van der Waals surface area contributed by atoms with Gasteiger partial charge in [0, 0.05) is 26.3 Å². The van der Waals surface area contributed by atoms with Gasteiger partial charge in [-0.15, -0.1) is 11.3 Å². The molecule has 0 aliphatic carbocycles. The largest absolute Gasteiger partial charge is 0.228 e. The highest BCUT2D eigenvalue weighted by molar-refractivity contribution is 7.22. The van der Waals surface area contributed by atoms with Gasteiger partial charge in [0.15, 0.2) is 5.82 Å². The number of nitrogens with zero attached hydrogens (tertiary/aromatic N) is 2. The van der Waals surface area contributed by atoms with Crippen LogP contribution < -0.4 is 0 Å². The zero-order valence-electron chi connectivity index (χ0n) is 33.1. The summed E-state index contributed by atoms with van der Waals surface area (Å²) < 4.78 is 1.29. The molecule has 0 radical (unpaired) electrons. The van der Waals surface area contributed by atoms with Crippen molar-refractivity contribution in [2.24, 2.45) is 0 Å². The summed E-state index contributed by atoms with van der Waals surface area (Å²) in [4.78, 5) is 11.5. The number of benzene rings is 10. The molecule has 2 nitrogen and oxygen atoms in total. The number of aromatic nitrogens is 2. The summed E-state index contributed by atoms with van der Waals surface area (Å²) >= 11 is 1.82. The molecular formula is C58H36N2S. The minimum absolute atomic E-state index is 0.712. The standard InChI is InChI=1S/C58H36N2S/c1-2-12-40(13-3-1)58-59-53(45-16-10-17-47(33-45)56-35-48-15-6-9-20-55(48)61-56)36-54(60-58)46-28-27-42-31-41(25-26-43(42)32-46)37-21-23-39(24-22-37)57-50-19-8-5-14-44(50)34-52-49-18-7-4-11-38(49)29-30-51(52)57/h1-36H. The van der Waals surface area contributed by atoms with Crippen LogP contribution in [0, 0.1) is 0 Å². The Morgan fingerprint density at radius 2 is 0.869 bits per heavy atom. The van der Waals surface area contributed by atoms with Crippen LogP contribution in [0.2, 0.25) is 0 Å². The van der Waals surface area contributed by atoms with Crippen molar-refractivity contribution in [2.45, 2.75) is 0 Å². The molecule has 0 atom stereocenters. The van der Waals surface area contributed by atoms with Crippen molar-refractivity contribution in [3.05, 3.63) is 218 Å². The number of rotatable bonds is 6. The summed E-state index contributed by atoms with van der Waals surface area (Å²) in [6.07, 6.45) is 0. The van der Waals surface area contributed by atoms with Gasteiger partial charge in [-0.3, -0.25) is 0 Å². The highest BCUT2D eigenvalue weighted by atomic mass is 32.1. The molecule has 0 bridgehead atoms. The zero-order valence-corrected chi connectivity index (χ0v) is 33.9. The predicted octanol–water partition coefficient (Wildman–Crippen LogP) is 16.3. The minimum Gasteiger partial charge on any atom is -0.228 e. The second-order valence-electron chi connectivity index (χ2n) is 15.8. The zero-order chi connectivity index (χ0) is 40.3. The topological polar surface area (TPSA) is 25.8 Å². The third-order valence-electron chi connectivity index (χ3n) is 12.0. The molecule has 3 heteroatoms. The maximum absolute atomic E-state index is 5.16. The Morgan fingerprint density at radius 3 is 1.67 bits per heavy atom. The first kappa shape index (κ1) is 35.2. The molecule has 12 aromatic rings. The molecule has 0 aliphatic heterocycles. The van der Waals surface area contributed by atoms with Crippen LogP contribution >= 0.6 is 11.3 Å². The van der Waals surface area contributed by atoms with Gasteiger partial charge in [0.2, 0.25) is 0 Å². The molecule has 0 spiro atoms. The van der Waals surface area contributed by atoms with Crippen molar-refractivity contribution in [1.29, 1.82) is 0 Å². The summed E-state index contributed by atoms with van der Waals surface area (Å²) in [7, 11) is 0. The van der Waals surface area contributed by atoms with Gasteiger partial charge >= 0.3 is 0 Å². The van der Waals surface area contributed by atoms with Crippen LogP contribution in [-0.4, -0.2) is 9.97 Å². The smallest absolute Gasteiger partial charge is 0.160 e. The summed E-state index contributed by atoms with van der Waals surface area (Å²) in [5.74, 6) is 0.712. The second kappa shape index (κ2) is 14.5. The molecule has 0 unspecified atom stereocenters. The van der Waals surface area contributed by atoms with Gasteiger partial charge in [-0.1, -0.05) is 176 Å². The lowest BCUT2D eigenvalue weighted by Gasteiger charge is -2.14. The fraction of sp³-hybridized carbons (Fsp3) is 0. The quantitative estimate of drug-likeness (QED) is 0.124. The van der Waals surface area contributed by atoms with Crippen molar-refractivity contribution in [2.75, 3.05) is 0 Å². The second-order valence-corrected chi connectivity index (χ2v) is 16.8. The van der Waals surface area contributed by atoms with Crippen LogP contribution in [0.3, 0.4) is 0 Å². The fourth-order valence-corrected chi connectivity index (χ4v) is 10.0. The SMILES string of the molecule is c1ccc(-c2nc(-c3cccc(-c4cc5ccccc5s4)c3)cc(-c3ccc4cc(-c5ccc(-c6c7ccccc7cc7c6ccc6ccccc67)cc5)ccc4c3)n2)cc1. The Morgan fingerprint density at radius 1 is 0.279 bits per heavy atom. The maximum atomic E-state index is 5.16. The van der Waals surface area contributed by atoms with Gasteiger partial charge in [-0.25, -0.2) is 9.97 Å². The molecule has 0 saturated heterocycles. The van der Waals surface area contributed by atoms with Gasteiger partial charge in [-0.05, 0) is 119 Å². The van der Waals surface area contributed by atoms with E-state index in [1.54, 1.807) is 0 Å². The lowest BCUT2D eigenvalue weighted by molar-refractivity contribution is 1.18. The minimum atomic E-state index is 0.712. The molecule has 284 valence electrons. The van der Waals surface area contributed by atoms with Crippen LogP contribution in [-0.2, 0) is 0 Å². The van der Waals surface area contributed by atoms with Crippen molar-refractivity contribution >= 4 is 64.5 Å². The molecule has 2 heterocycles. The average molecular weight is 793 g/mol.